The molecular weight excluding hydrogens is 228 g/mol. The Morgan fingerprint density at radius 1 is 1.29 bits per heavy atom. The van der Waals surface area contributed by atoms with E-state index in [0.29, 0.717) is 0 Å². The third-order valence-corrected chi connectivity index (χ3v) is 4.16. The predicted octanol–water partition coefficient (Wildman–Crippen LogP) is 4.18. The van der Waals surface area contributed by atoms with Gasteiger partial charge in [0.25, 0.3) is 0 Å². The lowest BCUT2D eigenvalue weighted by atomic mass is 9.73. The second-order valence-electron chi connectivity index (χ2n) is 6.25. The maximum atomic E-state index is 11.7. The minimum atomic E-state index is -1.77. The van der Waals surface area contributed by atoms with Gasteiger partial charge < -0.3 is 9.22 Å². The van der Waals surface area contributed by atoms with Crippen molar-refractivity contribution >= 4 is 14.6 Å². The molecule has 100 valence electrons. The van der Waals surface area contributed by atoms with E-state index in [2.05, 4.69) is 33.1 Å². The number of carbonyl (C=O) groups excluding carboxylic acids is 1. The molecule has 0 saturated heterocycles. The largest absolute Gasteiger partial charge is 0.405 e. The van der Waals surface area contributed by atoms with Crippen LogP contribution >= 0.6 is 0 Å². The summed E-state index contributed by atoms with van der Waals surface area (Å²) >= 11 is 0. The fourth-order valence-electron chi connectivity index (χ4n) is 1.90. The molecule has 0 aliphatic rings. The third-order valence-electron chi connectivity index (χ3n) is 3.18. The topological polar surface area (TPSA) is 26.3 Å². The van der Waals surface area contributed by atoms with Crippen molar-refractivity contribution in [1.82, 2.24) is 0 Å². The van der Waals surface area contributed by atoms with E-state index in [9.17, 15) is 4.79 Å². The summed E-state index contributed by atoms with van der Waals surface area (Å²) in [5.41, 5.74) is -1.04. The van der Waals surface area contributed by atoms with Crippen LogP contribution in [0.25, 0.3) is 0 Å². The van der Waals surface area contributed by atoms with Crippen molar-refractivity contribution in [2.45, 2.75) is 65.3 Å². The highest BCUT2D eigenvalue weighted by molar-refractivity contribution is 6.70. The van der Waals surface area contributed by atoms with Gasteiger partial charge in [-0.1, -0.05) is 39.7 Å². The molecule has 0 aliphatic carbocycles. The summed E-state index contributed by atoms with van der Waals surface area (Å²) in [6.07, 6.45) is 5.69. The minimum absolute atomic E-state index is 0.329. The number of carbonyl (C=O) groups is 1. The van der Waals surface area contributed by atoms with Gasteiger partial charge in [-0.3, -0.25) is 0 Å². The molecule has 0 heterocycles. The molecule has 0 amide bonds. The van der Waals surface area contributed by atoms with Gasteiger partial charge in [0.15, 0.2) is 14.6 Å². The van der Waals surface area contributed by atoms with Gasteiger partial charge in [0, 0.05) is 5.41 Å². The Labute approximate surface area is 108 Å². The fourth-order valence-corrected chi connectivity index (χ4v) is 3.40. The van der Waals surface area contributed by atoms with E-state index in [4.69, 9.17) is 4.43 Å². The Balaban J connectivity index is 5.29. The molecule has 0 N–H and O–H groups in total. The van der Waals surface area contributed by atoms with Crippen molar-refractivity contribution in [3.05, 3.63) is 12.7 Å². The summed E-state index contributed by atoms with van der Waals surface area (Å²) in [6, 6.07) is 0. The summed E-state index contributed by atoms with van der Waals surface area (Å²) < 4.78 is 6.23. The van der Waals surface area contributed by atoms with Gasteiger partial charge in [-0.25, -0.2) is 0 Å². The molecule has 3 heteroatoms. The van der Waals surface area contributed by atoms with Crippen LogP contribution in [0.5, 0.6) is 0 Å². The van der Waals surface area contributed by atoms with Gasteiger partial charge in [0.1, 0.15) is 5.60 Å². The van der Waals surface area contributed by atoms with Crippen LogP contribution in [0, 0.1) is 5.41 Å². The van der Waals surface area contributed by atoms with Crippen molar-refractivity contribution in [1.29, 1.82) is 0 Å². The molecule has 0 spiro atoms. The maximum Gasteiger partial charge on any atom is 0.185 e. The zero-order valence-electron chi connectivity index (χ0n) is 12.3. The molecule has 0 fully saturated rings. The molecule has 0 aliphatic heterocycles. The van der Waals surface area contributed by atoms with Crippen LogP contribution < -0.4 is 0 Å². The van der Waals surface area contributed by atoms with Crippen molar-refractivity contribution in [2.24, 2.45) is 5.41 Å². The van der Waals surface area contributed by atoms with Gasteiger partial charge in [0.2, 0.25) is 0 Å². The van der Waals surface area contributed by atoms with Crippen LogP contribution in [0.15, 0.2) is 12.7 Å². The average Bonchev–Trinajstić information content (AvgIpc) is 2.22. The summed E-state index contributed by atoms with van der Waals surface area (Å²) in [4.78, 5) is 11.7. The SMILES string of the molecule is C=CC(C)(C)C(C=O)(CCCC)O[Si](C)(C)C. The first-order chi connectivity index (χ1) is 7.64. The molecule has 1 atom stereocenters. The van der Waals surface area contributed by atoms with Gasteiger partial charge in [-0.05, 0) is 26.1 Å². The van der Waals surface area contributed by atoms with Crippen LogP contribution in [0.4, 0.5) is 0 Å². The standard InChI is InChI=1S/C14H28O2Si/c1-8-10-11-14(12-15,13(3,4)9-2)16-17(5,6)7/h9,12H,2,8,10-11H2,1,3-7H3. The summed E-state index contributed by atoms with van der Waals surface area (Å²) in [7, 11) is -1.77. The Morgan fingerprint density at radius 3 is 2.12 bits per heavy atom. The monoisotopic (exact) mass is 256 g/mol. The molecule has 0 rings (SSSR count). The predicted molar refractivity (Wildman–Crippen MR) is 76.7 cm³/mol. The first-order valence-corrected chi connectivity index (χ1v) is 9.85. The first kappa shape index (κ1) is 16.6. The zero-order chi connectivity index (χ0) is 13.7. The molecule has 0 saturated carbocycles. The zero-order valence-corrected chi connectivity index (χ0v) is 13.3. The van der Waals surface area contributed by atoms with E-state index in [1.54, 1.807) is 0 Å². The van der Waals surface area contributed by atoms with E-state index in [1.165, 1.54) is 0 Å². The molecule has 1 unspecified atom stereocenters. The van der Waals surface area contributed by atoms with Crippen molar-refractivity contribution in [2.75, 3.05) is 0 Å². The van der Waals surface area contributed by atoms with Crippen molar-refractivity contribution in [3.8, 4) is 0 Å². The second kappa shape index (κ2) is 5.96. The normalized spacial score (nSPS) is 16.4. The first-order valence-electron chi connectivity index (χ1n) is 6.44. The third kappa shape index (κ3) is 4.40. The number of hydrogen-bond acceptors (Lipinski definition) is 2. The van der Waals surface area contributed by atoms with Crippen molar-refractivity contribution in [3.63, 3.8) is 0 Å². The summed E-state index contributed by atoms with van der Waals surface area (Å²) in [5.74, 6) is 0. The summed E-state index contributed by atoms with van der Waals surface area (Å²) in [5, 5.41) is 0. The molecule has 17 heavy (non-hydrogen) atoms. The van der Waals surface area contributed by atoms with Crippen molar-refractivity contribution < 1.29 is 9.22 Å². The van der Waals surface area contributed by atoms with Crippen LogP contribution in [-0.2, 0) is 9.22 Å². The van der Waals surface area contributed by atoms with Crippen LogP contribution in [0.1, 0.15) is 40.0 Å². The quantitative estimate of drug-likeness (QED) is 0.370. The van der Waals surface area contributed by atoms with E-state index >= 15 is 0 Å². The number of aldehydes is 1. The Bertz CT molecular complexity index is 266. The molecular formula is C14H28O2Si. The second-order valence-corrected chi connectivity index (χ2v) is 10.7. The average molecular weight is 256 g/mol. The Morgan fingerprint density at radius 2 is 1.82 bits per heavy atom. The van der Waals surface area contributed by atoms with E-state index in [1.807, 2.05) is 19.9 Å². The van der Waals surface area contributed by atoms with E-state index in [0.717, 1.165) is 25.5 Å². The lowest BCUT2D eigenvalue weighted by Gasteiger charge is -2.45. The van der Waals surface area contributed by atoms with Gasteiger partial charge in [0.05, 0.1) is 0 Å². The summed E-state index contributed by atoms with van der Waals surface area (Å²) in [6.45, 7) is 16.4. The molecule has 0 aromatic rings. The lowest BCUT2D eigenvalue weighted by Crippen LogP contribution is -2.53. The Kier molecular flexibility index (Phi) is 5.82. The number of rotatable bonds is 8. The molecule has 0 bridgehead atoms. The Hall–Kier alpha value is -0.413. The van der Waals surface area contributed by atoms with Crippen LogP contribution in [0.3, 0.4) is 0 Å². The molecule has 0 aromatic carbocycles. The number of unbranched alkanes of at least 4 members (excludes halogenated alkanes) is 1. The van der Waals surface area contributed by atoms with Gasteiger partial charge in [-0.15, -0.1) is 6.58 Å². The number of hydrogen-bond donors (Lipinski definition) is 0. The molecule has 2 nitrogen and oxygen atoms in total. The minimum Gasteiger partial charge on any atom is -0.405 e. The lowest BCUT2D eigenvalue weighted by molar-refractivity contribution is -0.131. The molecule has 0 radical (unpaired) electrons. The highest BCUT2D eigenvalue weighted by Crippen LogP contribution is 2.40. The fraction of sp³-hybridized carbons (Fsp3) is 0.786. The maximum absolute atomic E-state index is 11.7. The van der Waals surface area contributed by atoms with Crippen LogP contribution in [-0.4, -0.2) is 20.2 Å². The highest BCUT2D eigenvalue weighted by atomic mass is 28.4. The van der Waals surface area contributed by atoms with E-state index < -0.39 is 13.9 Å². The van der Waals surface area contributed by atoms with Gasteiger partial charge in [-0.2, -0.15) is 0 Å². The van der Waals surface area contributed by atoms with Gasteiger partial charge >= 0.3 is 0 Å². The van der Waals surface area contributed by atoms with Crippen LogP contribution in [0.2, 0.25) is 19.6 Å². The molecule has 0 aromatic heterocycles. The highest BCUT2D eigenvalue weighted by Gasteiger charge is 2.46. The smallest absolute Gasteiger partial charge is 0.185 e. The van der Waals surface area contributed by atoms with E-state index in [-0.39, 0.29) is 5.41 Å².